The minimum Gasteiger partial charge on any atom is -0.503 e. The number of ether oxygens (including phenoxy) is 2. The zero-order chi connectivity index (χ0) is 27.7. The lowest BCUT2D eigenvalue weighted by molar-refractivity contribution is -0.117. The minimum atomic E-state index is -1.01. The molecule has 1 atom stereocenters. The number of hydrogen-bond donors (Lipinski definition) is 1. The number of rotatable bonds is 10. The molecule has 11 heteroatoms. The number of aliphatic hydroxyl groups excluding tert-OH is 1. The Morgan fingerprint density at radius 1 is 1.03 bits per heavy atom. The average molecular weight is 556 g/mol. The Morgan fingerprint density at radius 2 is 1.74 bits per heavy atom. The monoisotopic (exact) mass is 555 g/mol. The summed E-state index contributed by atoms with van der Waals surface area (Å²) in [4.78, 5) is 50.3. The van der Waals surface area contributed by atoms with Gasteiger partial charge in [-0.1, -0.05) is 24.3 Å². The molecule has 3 aromatic rings. The van der Waals surface area contributed by atoms with Gasteiger partial charge in [0, 0.05) is 6.92 Å². The Hall–Kier alpha value is -3.57. The van der Waals surface area contributed by atoms with Crippen molar-refractivity contribution in [1.29, 1.82) is 0 Å². The molecule has 1 aliphatic heterocycles. The van der Waals surface area contributed by atoms with Gasteiger partial charge in [-0.25, -0.2) is 9.97 Å². The van der Waals surface area contributed by atoms with Crippen LogP contribution < -0.4 is 14.4 Å². The van der Waals surface area contributed by atoms with Crippen LogP contribution in [0.1, 0.15) is 74.5 Å². The molecule has 0 saturated carbocycles. The van der Waals surface area contributed by atoms with E-state index < -0.39 is 23.5 Å². The topological polar surface area (TPSA) is 119 Å². The summed E-state index contributed by atoms with van der Waals surface area (Å²) in [6.45, 7) is 11.3. The molecular formula is C27H29N3O6S2. The summed E-state index contributed by atoms with van der Waals surface area (Å²) in [5.41, 5.74) is 1.43. The third-order valence-electron chi connectivity index (χ3n) is 5.92. The summed E-state index contributed by atoms with van der Waals surface area (Å²) in [7, 11) is 0. The van der Waals surface area contributed by atoms with Gasteiger partial charge in [-0.2, -0.15) is 0 Å². The summed E-state index contributed by atoms with van der Waals surface area (Å²) in [6.07, 6.45) is 0.809. The van der Waals surface area contributed by atoms with Crippen LogP contribution >= 0.6 is 22.7 Å². The van der Waals surface area contributed by atoms with E-state index in [1.165, 1.54) is 23.2 Å². The molecule has 0 radical (unpaired) electrons. The minimum absolute atomic E-state index is 0.0800. The first-order valence-corrected chi connectivity index (χ1v) is 13.9. The Kier molecular flexibility index (Phi) is 7.98. The lowest BCUT2D eigenvalue weighted by Gasteiger charge is -2.25. The Labute approximate surface area is 228 Å². The van der Waals surface area contributed by atoms with Crippen LogP contribution in [0.3, 0.4) is 0 Å². The van der Waals surface area contributed by atoms with E-state index in [0.29, 0.717) is 56.4 Å². The highest BCUT2D eigenvalue weighted by Gasteiger charge is 2.47. The molecule has 0 saturated heterocycles. The van der Waals surface area contributed by atoms with Crippen molar-refractivity contribution in [3.63, 3.8) is 0 Å². The fraction of sp³-hybridized carbons (Fsp3) is 0.370. The molecule has 0 bridgehead atoms. The highest BCUT2D eigenvalue weighted by molar-refractivity contribution is 7.18. The molecule has 0 aliphatic carbocycles. The summed E-state index contributed by atoms with van der Waals surface area (Å²) < 4.78 is 11.7. The Balaban J connectivity index is 1.91. The Morgan fingerprint density at radius 3 is 2.32 bits per heavy atom. The van der Waals surface area contributed by atoms with Gasteiger partial charge in [0.1, 0.15) is 0 Å². The smallest absolute Gasteiger partial charge is 0.296 e. The van der Waals surface area contributed by atoms with Crippen molar-refractivity contribution in [3.8, 4) is 11.5 Å². The van der Waals surface area contributed by atoms with Crippen molar-refractivity contribution in [2.75, 3.05) is 18.1 Å². The zero-order valence-electron chi connectivity index (χ0n) is 22.1. The molecule has 38 heavy (non-hydrogen) atoms. The van der Waals surface area contributed by atoms with Gasteiger partial charge in [0.15, 0.2) is 28.2 Å². The number of ketones is 2. The van der Waals surface area contributed by atoms with Crippen molar-refractivity contribution in [3.05, 3.63) is 61.2 Å². The SMILES string of the molecule is CCCOc1ccc(C2C(C(=O)c3sc(C)nc3C)=C(O)C(=O)N2c2nc(C)c(C(C)=O)s2)cc1OCC. The number of anilines is 1. The molecule has 4 rings (SSSR count). The highest BCUT2D eigenvalue weighted by Crippen LogP contribution is 2.46. The van der Waals surface area contributed by atoms with Crippen molar-refractivity contribution >= 4 is 45.3 Å². The average Bonchev–Trinajstić information content (AvgIpc) is 3.50. The van der Waals surface area contributed by atoms with E-state index in [9.17, 15) is 19.5 Å². The number of aryl methyl sites for hydroxylation is 3. The van der Waals surface area contributed by atoms with Crippen LogP contribution in [0.15, 0.2) is 29.5 Å². The van der Waals surface area contributed by atoms with E-state index in [4.69, 9.17) is 9.47 Å². The van der Waals surface area contributed by atoms with Gasteiger partial charge in [-0.15, -0.1) is 11.3 Å². The molecule has 0 fully saturated rings. The Bertz CT molecular complexity index is 1450. The number of amides is 1. The normalized spacial score (nSPS) is 15.4. The van der Waals surface area contributed by atoms with Gasteiger partial charge < -0.3 is 14.6 Å². The summed E-state index contributed by atoms with van der Waals surface area (Å²) >= 11 is 2.25. The molecule has 0 spiro atoms. The molecule has 1 amide bonds. The second-order valence-corrected chi connectivity index (χ2v) is 11.0. The predicted octanol–water partition coefficient (Wildman–Crippen LogP) is 5.70. The van der Waals surface area contributed by atoms with Gasteiger partial charge in [0.2, 0.25) is 5.78 Å². The number of Topliss-reactive ketones (excluding diaryl/α,β-unsaturated/α-hetero) is 2. The van der Waals surface area contributed by atoms with Crippen LogP contribution in [0, 0.1) is 20.8 Å². The summed E-state index contributed by atoms with van der Waals surface area (Å²) in [5, 5.41) is 12.0. The number of aromatic nitrogens is 2. The number of benzene rings is 1. The van der Waals surface area contributed by atoms with Crippen LogP contribution in [0.4, 0.5) is 5.13 Å². The number of nitrogens with zero attached hydrogens (tertiary/aromatic N) is 3. The number of thiazole rings is 2. The van der Waals surface area contributed by atoms with E-state index in [2.05, 4.69) is 9.97 Å². The van der Waals surface area contributed by atoms with Crippen molar-refractivity contribution < 1.29 is 29.0 Å². The molecular weight excluding hydrogens is 526 g/mol. The molecule has 3 heterocycles. The molecule has 1 aliphatic rings. The van der Waals surface area contributed by atoms with Crippen molar-refractivity contribution in [2.45, 2.75) is 54.0 Å². The maximum atomic E-state index is 13.8. The van der Waals surface area contributed by atoms with E-state index >= 15 is 0 Å². The van der Waals surface area contributed by atoms with Crippen LogP contribution in [-0.4, -0.2) is 45.8 Å². The van der Waals surface area contributed by atoms with Crippen molar-refractivity contribution in [2.24, 2.45) is 0 Å². The molecule has 2 aromatic heterocycles. The maximum Gasteiger partial charge on any atom is 0.296 e. The third kappa shape index (κ3) is 4.95. The van der Waals surface area contributed by atoms with Crippen LogP contribution in [0.5, 0.6) is 11.5 Å². The fourth-order valence-electron chi connectivity index (χ4n) is 4.32. The molecule has 1 N–H and O–H groups in total. The fourth-order valence-corrected chi connectivity index (χ4v) is 6.18. The quantitative estimate of drug-likeness (QED) is 0.317. The van der Waals surface area contributed by atoms with Gasteiger partial charge in [0.05, 0.1) is 51.0 Å². The molecule has 9 nitrogen and oxygen atoms in total. The first kappa shape index (κ1) is 27.5. The van der Waals surface area contributed by atoms with E-state index in [0.717, 1.165) is 17.8 Å². The molecule has 1 aromatic carbocycles. The number of hydrogen-bond acceptors (Lipinski definition) is 10. The van der Waals surface area contributed by atoms with Crippen molar-refractivity contribution in [1.82, 2.24) is 9.97 Å². The van der Waals surface area contributed by atoms with Crippen LogP contribution in [-0.2, 0) is 4.79 Å². The van der Waals surface area contributed by atoms with Gasteiger partial charge in [0.25, 0.3) is 5.91 Å². The van der Waals surface area contributed by atoms with E-state index in [1.807, 2.05) is 13.8 Å². The summed E-state index contributed by atoms with van der Waals surface area (Å²) in [5.74, 6) is -1.12. The number of carbonyl (C=O) groups excluding carboxylic acids is 3. The standard InChI is InChI=1S/C27H29N3O6S2/c1-7-11-36-18-10-9-17(12-19(18)35-8-2)21-20(22(32)25-14(4)28-16(6)37-25)23(33)26(34)30(21)27-29-13(3)24(38-27)15(5)31/h9-10,12,21,33H,7-8,11H2,1-6H3. The molecule has 200 valence electrons. The lowest BCUT2D eigenvalue weighted by Crippen LogP contribution is -2.31. The second-order valence-electron chi connectivity index (χ2n) is 8.77. The van der Waals surface area contributed by atoms with E-state index in [-0.39, 0.29) is 16.5 Å². The highest BCUT2D eigenvalue weighted by atomic mass is 32.1. The molecule has 1 unspecified atom stereocenters. The number of carbonyl (C=O) groups is 3. The first-order valence-electron chi connectivity index (χ1n) is 12.2. The van der Waals surface area contributed by atoms with Gasteiger partial charge in [-0.05, 0) is 51.8 Å². The van der Waals surface area contributed by atoms with Crippen LogP contribution in [0.25, 0.3) is 0 Å². The predicted molar refractivity (Wildman–Crippen MR) is 146 cm³/mol. The number of aliphatic hydroxyl groups is 1. The van der Waals surface area contributed by atoms with Gasteiger partial charge >= 0.3 is 0 Å². The third-order valence-corrected chi connectivity index (χ3v) is 8.25. The lowest BCUT2D eigenvalue weighted by atomic mass is 9.95. The maximum absolute atomic E-state index is 13.8. The summed E-state index contributed by atoms with van der Waals surface area (Å²) in [6, 6.07) is 4.16. The van der Waals surface area contributed by atoms with Gasteiger partial charge in [-0.3, -0.25) is 19.3 Å². The first-order chi connectivity index (χ1) is 18.1. The largest absolute Gasteiger partial charge is 0.503 e. The zero-order valence-corrected chi connectivity index (χ0v) is 23.7. The second kappa shape index (κ2) is 11.0. The van der Waals surface area contributed by atoms with E-state index in [1.54, 1.807) is 39.0 Å². The van der Waals surface area contributed by atoms with Crippen LogP contribution in [0.2, 0.25) is 0 Å².